The maximum atomic E-state index is 13.2. The van der Waals surface area contributed by atoms with Gasteiger partial charge in [0.25, 0.3) is 0 Å². The average Bonchev–Trinajstić information content (AvgIpc) is 2.52. The molecule has 0 atom stereocenters. The highest BCUT2D eigenvalue weighted by Gasteiger charge is 2.11. The second-order valence-corrected chi connectivity index (χ2v) is 6.26. The quantitative estimate of drug-likeness (QED) is 0.759. The molecule has 1 amide bonds. The highest BCUT2D eigenvalue weighted by molar-refractivity contribution is 9.10. The number of hydrogen-bond acceptors (Lipinski definition) is 2. The van der Waals surface area contributed by atoms with Crippen LogP contribution in [0.2, 0.25) is 0 Å². The van der Waals surface area contributed by atoms with E-state index in [0.29, 0.717) is 17.6 Å². The molecule has 0 saturated heterocycles. The van der Waals surface area contributed by atoms with Gasteiger partial charge in [0.2, 0.25) is 5.91 Å². The van der Waals surface area contributed by atoms with Crippen molar-refractivity contribution in [3.8, 4) is 5.75 Å². The number of rotatable bonds is 6. The molecule has 0 heterocycles. The van der Waals surface area contributed by atoms with E-state index in [1.807, 2.05) is 31.2 Å². The first-order chi connectivity index (χ1) is 11.0. The van der Waals surface area contributed by atoms with Crippen LogP contribution in [0, 0.1) is 12.7 Å². The van der Waals surface area contributed by atoms with Gasteiger partial charge in [-0.05, 0) is 52.7 Å². The summed E-state index contributed by atoms with van der Waals surface area (Å²) in [6.45, 7) is 2.94. The molecular formula is C18H19BrFNO2. The van der Waals surface area contributed by atoms with Crippen molar-refractivity contribution < 1.29 is 13.9 Å². The summed E-state index contributed by atoms with van der Waals surface area (Å²) in [5, 5.41) is 0. The zero-order valence-corrected chi connectivity index (χ0v) is 14.8. The zero-order valence-electron chi connectivity index (χ0n) is 13.2. The molecule has 23 heavy (non-hydrogen) atoms. The lowest BCUT2D eigenvalue weighted by molar-refractivity contribution is -0.129. The van der Waals surface area contributed by atoms with Crippen molar-refractivity contribution in [2.75, 3.05) is 20.2 Å². The molecule has 0 aliphatic heterocycles. The Bertz CT molecular complexity index is 673. The predicted octanol–water partition coefficient (Wildman–Crippen LogP) is 3.98. The molecule has 2 aromatic carbocycles. The van der Waals surface area contributed by atoms with Gasteiger partial charge >= 0.3 is 0 Å². The van der Waals surface area contributed by atoms with Crippen LogP contribution in [0.15, 0.2) is 46.9 Å². The lowest BCUT2D eigenvalue weighted by Gasteiger charge is -2.17. The number of carbonyl (C=O) groups is 1. The van der Waals surface area contributed by atoms with Crippen LogP contribution in [0.4, 0.5) is 4.39 Å². The summed E-state index contributed by atoms with van der Waals surface area (Å²) in [4.78, 5) is 13.8. The maximum Gasteiger partial charge on any atom is 0.226 e. The first-order valence-corrected chi connectivity index (χ1v) is 8.12. The van der Waals surface area contributed by atoms with Crippen LogP contribution in [0.3, 0.4) is 0 Å². The highest BCUT2D eigenvalue weighted by atomic mass is 79.9. The van der Waals surface area contributed by atoms with E-state index in [-0.39, 0.29) is 18.1 Å². The molecule has 0 aromatic heterocycles. The van der Waals surface area contributed by atoms with Gasteiger partial charge in [0, 0.05) is 7.05 Å². The third-order valence-corrected chi connectivity index (χ3v) is 4.09. The second kappa shape index (κ2) is 8.11. The van der Waals surface area contributed by atoms with E-state index < -0.39 is 0 Å². The fourth-order valence-corrected chi connectivity index (χ4v) is 2.44. The van der Waals surface area contributed by atoms with Crippen LogP contribution in [0.5, 0.6) is 5.75 Å². The van der Waals surface area contributed by atoms with Crippen LogP contribution in [-0.4, -0.2) is 31.0 Å². The molecule has 0 radical (unpaired) electrons. The summed E-state index contributed by atoms with van der Waals surface area (Å²) < 4.78 is 19.2. The van der Waals surface area contributed by atoms with E-state index in [1.54, 1.807) is 24.1 Å². The second-order valence-electron chi connectivity index (χ2n) is 5.40. The number of ether oxygens (including phenoxy) is 1. The Morgan fingerprint density at radius 1 is 1.22 bits per heavy atom. The van der Waals surface area contributed by atoms with Gasteiger partial charge in [-0.25, -0.2) is 4.39 Å². The number of carbonyl (C=O) groups excluding carboxylic acids is 1. The average molecular weight is 380 g/mol. The van der Waals surface area contributed by atoms with E-state index in [9.17, 15) is 9.18 Å². The van der Waals surface area contributed by atoms with Gasteiger partial charge in [-0.2, -0.15) is 0 Å². The monoisotopic (exact) mass is 379 g/mol. The summed E-state index contributed by atoms with van der Waals surface area (Å²) in [6, 6.07) is 12.4. The fourth-order valence-electron chi connectivity index (χ4n) is 2.02. The molecule has 0 aliphatic rings. The first kappa shape index (κ1) is 17.5. The van der Waals surface area contributed by atoms with Gasteiger partial charge in [-0.15, -0.1) is 0 Å². The van der Waals surface area contributed by atoms with Crippen LogP contribution >= 0.6 is 15.9 Å². The molecule has 2 rings (SSSR count). The minimum Gasteiger partial charge on any atom is -0.492 e. The lowest BCUT2D eigenvalue weighted by atomic mass is 10.1. The largest absolute Gasteiger partial charge is 0.492 e. The van der Waals surface area contributed by atoms with Crippen LogP contribution in [-0.2, 0) is 11.2 Å². The van der Waals surface area contributed by atoms with Gasteiger partial charge in [-0.1, -0.05) is 23.8 Å². The highest BCUT2D eigenvalue weighted by Crippen LogP contribution is 2.17. The van der Waals surface area contributed by atoms with E-state index in [1.165, 1.54) is 11.6 Å². The van der Waals surface area contributed by atoms with Gasteiger partial charge in [-0.3, -0.25) is 4.79 Å². The summed E-state index contributed by atoms with van der Waals surface area (Å²) in [7, 11) is 1.74. The van der Waals surface area contributed by atoms with Crippen molar-refractivity contribution in [2.24, 2.45) is 0 Å². The predicted molar refractivity (Wildman–Crippen MR) is 92.1 cm³/mol. The van der Waals surface area contributed by atoms with E-state index in [4.69, 9.17) is 4.74 Å². The summed E-state index contributed by atoms with van der Waals surface area (Å²) in [5.74, 6) is 0.427. The third-order valence-electron chi connectivity index (χ3n) is 3.48. The van der Waals surface area contributed by atoms with E-state index in [2.05, 4.69) is 15.9 Å². The van der Waals surface area contributed by atoms with Crippen molar-refractivity contribution in [3.05, 3.63) is 63.9 Å². The molecule has 0 aliphatic carbocycles. The number of nitrogens with zero attached hydrogens (tertiary/aromatic N) is 1. The molecule has 0 spiro atoms. The Morgan fingerprint density at radius 2 is 1.91 bits per heavy atom. The number of hydrogen-bond donors (Lipinski definition) is 0. The number of amides is 1. The van der Waals surface area contributed by atoms with Gasteiger partial charge in [0.15, 0.2) is 0 Å². The number of likely N-dealkylation sites (N-methyl/N-ethyl adjacent to an activating group) is 1. The van der Waals surface area contributed by atoms with Crippen LogP contribution in [0.25, 0.3) is 0 Å². The zero-order chi connectivity index (χ0) is 16.8. The third kappa shape index (κ3) is 5.36. The lowest BCUT2D eigenvalue weighted by Crippen LogP contribution is -2.32. The van der Waals surface area contributed by atoms with Crippen LogP contribution in [0.1, 0.15) is 11.1 Å². The number of benzene rings is 2. The smallest absolute Gasteiger partial charge is 0.226 e. The number of aryl methyl sites for hydroxylation is 1. The normalized spacial score (nSPS) is 10.4. The Balaban J connectivity index is 1.80. The molecule has 5 heteroatoms. The van der Waals surface area contributed by atoms with Crippen molar-refractivity contribution in [3.63, 3.8) is 0 Å². The van der Waals surface area contributed by atoms with Gasteiger partial charge < -0.3 is 9.64 Å². The standard InChI is InChI=1S/C18H19BrFNO2/c1-13-3-6-15(7-4-13)23-10-9-21(2)18(22)12-14-5-8-17(20)16(19)11-14/h3-8,11H,9-10,12H2,1-2H3. The summed E-state index contributed by atoms with van der Waals surface area (Å²) in [6.07, 6.45) is 0.236. The van der Waals surface area contributed by atoms with Crippen LogP contribution < -0.4 is 4.74 Å². The molecule has 0 saturated carbocycles. The van der Waals surface area contributed by atoms with Crippen molar-refractivity contribution in [1.82, 2.24) is 4.90 Å². The minimum absolute atomic E-state index is 0.0315. The molecule has 0 N–H and O–H groups in total. The molecule has 122 valence electrons. The first-order valence-electron chi connectivity index (χ1n) is 7.33. The molecule has 0 unspecified atom stereocenters. The number of halogens is 2. The van der Waals surface area contributed by atoms with Gasteiger partial charge in [0.1, 0.15) is 18.2 Å². The van der Waals surface area contributed by atoms with E-state index in [0.717, 1.165) is 11.3 Å². The Morgan fingerprint density at radius 3 is 2.57 bits per heavy atom. The maximum absolute atomic E-state index is 13.2. The topological polar surface area (TPSA) is 29.5 Å². The Hall–Kier alpha value is -1.88. The van der Waals surface area contributed by atoms with E-state index >= 15 is 0 Å². The summed E-state index contributed by atoms with van der Waals surface area (Å²) >= 11 is 3.13. The minimum atomic E-state index is -0.332. The van der Waals surface area contributed by atoms with Crippen molar-refractivity contribution in [1.29, 1.82) is 0 Å². The Labute approximate surface area is 144 Å². The Kier molecular flexibility index (Phi) is 6.16. The van der Waals surface area contributed by atoms with Crippen molar-refractivity contribution >= 4 is 21.8 Å². The molecule has 3 nitrogen and oxygen atoms in total. The van der Waals surface area contributed by atoms with Crippen molar-refractivity contribution in [2.45, 2.75) is 13.3 Å². The molecular weight excluding hydrogens is 361 g/mol. The molecule has 0 fully saturated rings. The molecule has 2 aromatic rings. The summed E-state index contributed by atoms with van der Waals surface area (Å²) in [5.41, 5.74) is 1.95. The molecule has 0 bridgehead atoms. The fraction of sp³-hybridized carbons (Fsp3) is 0.278. The SMILES string of the molecule is Cc1ccc(OCCN(C)C(=O)Cc2ccc(F)c(Br)c2)cc1. The van der Waals surface area contributed by atoms with Gasteiger partial charge in [0.05, 0.1) is 17.4 Å².